The Labute approximate surface area is 122 Å². The number of benzene rings is 2. The van der Waals surface area contributed by atoms with Crippen molar-refractivity contribution >= 4 is 18.2 Å². The van der Waals surface area contributed by atoms with Gasteiger partial charge in [0.2, 0.25) is 10.0 Å². The number of nitrogens with zero attached hydrogens (tertiary/aromatic N) is 1. The maximum Gasteiger partial charge on any atom is 0.227 e. The quantitative estimate of drug-likeness (QED) is 0.788. The molecule has 1 unspecified atom stereocenters. The van der Waals surface area contributed by atoms with Crippen molar-refractivity contribution in [3.8, 4) is 5.75 Å². The minimum atomic E-state index is -2.89. The van der Waals surface area contributed by atoms with E-state index in [0.717, 1.165) is 0 Å². The van der Waals surface area contributed by atoms with Crippen molar-refractivity contribution in [1.29, 1.82) is 0 Å². The van der Waals surface area contributed by atoms with E-state index in [0.29, 0.717) is 10.6 Å². The lowest BCUT2D eigenvalue weighted by atomic mass is 10.3. The minimum absolute atomic E-state index is 0.573. The lowest BCUT2D eigenvalue weighted by Gasteiger charge is -2.17. The van der Waals surface area contributed by atoms with Crippen molar-refractivity contribution in [3.05, 3.63) is 60.7 Å². The Morgan fingerprint density at radius 2 is 1.40 bits per heavy atom. The Hall–Kier alpha value is -1.59. The molecule has 106 valence electrons. The summed E-state index contributed by atoms with van der Waals surface area (Å²) < 4.78 is 23.5. The van der Waals surface area contributed by atoms with Crippen molar-refractivity contribution in [2.45, 2.75) is 24.5 Å². The first-order valence-electron chi connectivity index (χ1n) is 6.47. The second-order valence-electron chi connectivity index (χ2n) is 5.45. The molecule has 20 heavy (non-hydrogen) atoms. The van der Waals surface area contributed by atoms with Crippen LogP contribution in [0.2, 0.25) is 19.6 Å². The highest BCUT2D eigenvalue weighted by molar-refractivity contribution is 7.90. The maximum absolute atomic E-state index is 13.2. The van der Waals surface area contributed by atoms with Crippen molar-refractivity contribution in [2.24, 2.45) is 4.03 Å². The summed E-state index contributed by atoms with van der Waals surface area (Å²) in [5.74, 6) is 0.573. The topological polar surface area (TPSA) is 38.7 Å². The number of para-hydroxylation sites is 1. The summed E-state index contributed by atoms with van der Waals surface area (Å²) in [4.78, 5) is 0.617. The van der Waals surface area contributed by atoms with Gasteiger partial charge in [-0.25, -0.2) is 8.24 Å². The molecule has 2 aromatic rings. The molecule has 0 aliphatic rings. The second kappa shape index (κ2) is 5.81. The van der Waals surface area contributed by atoms with Gasteiger partial charge in [-0.15, -0.1) is 0 Å². The zero-order valence-electron chi connectivity index (χ0n) is 11.9. The molecule has 0 spiro atoms. The summed E-state index contributed by atoms with van der Waals surface area (Å²) in [5, 5.41) is 0. The molecule has 0 saturated carbocycles. The molecule has 2 aromatic carbocycles. The first-order chi connectivity index (χ1) is 9.39. The van der Waals surface area contributed by atoms with Crippen molar-refractivity contribution in [1.82, 2.24) is 0 Å². The fraction of sp³-hybridized carbons (Fsp3) is 0.200. The molecule has 0 bridgehead atoms. The summed E-state index contributed by atoms with van der Waals surface area (Å²) in [7, 11) is -4.80. The van der Waals surface area contributed by atoms with E-state index in [2.05, 4.69) is 4.03 Å². The van der Waals surface area contributed by atoms with Crippen LogP contribution in [-0.2, 0) is 10.0 Å². The molecule has 0 aliphatic heterocycles. The highest BCUT2D eigenvalue weighted by Crippen LogP contribution is 2.22. The molecular weight excluding hydrogens is 286 g/mol. The van der Waals surface area contributed by atoms with E-state index in [9.17, 15) is 4.21 Å². The van der Waals surface area contributed by atoms with E-state index >= 15 is 0 Å². The third-order valence-corrected chi connectivity index (χ3v) is 6.83. The minimum Gasteiger partial charge on any atom is -0.393 e. The van der Waals surface area contributed by atoms with Gasteiger partial charge in [0.15, 0.2) is 8.24 Å². The third kappa shape index (κ3) is 3.95. The molecule has 0 aromatic heterocycles. The molecule has 0 fully saturated rings. The molecule has 0 amide bonds. The van der Waals surface area contributed by atoms with Crippen LogP contribution in [0.5, 0.6) is 5.75 Å². The number of hydrogen-bond acceptors (Lipinski definition) is 3. The monoisotopic (exact) mass is 305 g/mol. The van der Waals surface area contributed by atoms with Crippen LogP contribution in [0.25, 0.3) is 0 Å². The van der Waals surface area contributed by atoms with Gasteiger partial charge >= 0.3 is 0 Å². The summed E-state index contributed by atoms with van der Waals surface area (Å²) >= 11 is 0. The van der Waals surface area contributed by atoms with Crippen LogP contribution in [0.4, 0.5) is 0 Å². The van der Waals surface area contributed by atoms with Gasteiger partial charge in [0.05, 0.1) is 4.90 Å². The van der Waals surface area contributed by atoms with E-state index < -0.39 is 18.2 Å². The van der Waals surface area contributed by atoms with Gasteiger partial charge in [-0.05, 0) is 43.9 Å². The van der Waals surface area contributed by atoms with Crippen molar-refractivity contribution in [2.75, 3.05) is 0 Å². The Morgan fingerprint density at radius 3 is 1.90 bits per heavy atom. The molecule has 1 atom stereocenters. The van der Waals surface area contributed by atoms with Gasteiger partial charge in [0.25, 0.3) is 0 Å². The molecule has 5 heteroatoms. The lowest BCUT2D eigenvalue weighted by Crippen LogP contribution is -2.22. The lowest BCUT2D eigenvalue weighted by molar-refractivity contribution is 0.551. The highest BCUT2D eigenvalue weighted by atomic mass is 32.2. The van der Waals surface area contributed by atoms with Gasteiger partial charge in [0.1, 0.15) is 5.75 Å². The average molecular weight is 305 g/mol. The number of hydrogen-bond donors (Lipinski definition) is 0. The zero-order chi connectivity index (χ0) is 14.6. The van der Waals surface area contributed by atoms with Crippen LogP contribution < -0.4 is 4.18 Å². The summed E-state index contributed by atoms with van der Waals surface area (Å²) in [5.41, 5.74) is 0. The fourth-order valence-electron chi connectivity index (χ4n) is 1.68. The van der Waals surface area contributed by atoms with Gasteiger partial charge in [0, 0.05) is 0 Å². The first-order valence-corrected chi connectivity index (χ1v) is 11.4. The van der Waals surface area contributed by atoms with Crippen LogP contribution in [0, 0.1) is 0 Å². The second-order valence-corrected chi connectivity index (χ2v) is 12.1. The molecule has 0 N–H and O–H groups in total. The smallest absolute Gasteiger partial charge is 0.227 e. The van der Waals surface area contributed by atoms with Crippen molar-refractivity contribution in [3.63, 3.8) is 0 Å². The largest absolute Gasteiger partial charge is 0.393 e. The van der Waals surface area contributed by atoms with Crippen LogP contribution >= 0.6 is 0 Å². The summed E-state index contributed by atoms with van der Waals surface area (Å²) in [6.45, 7) is 6.14. The Balaban J connectivity index is 2.52. The SMILES string of the molecule is C[Si](C)(C)N=S(=O)(Oc1ccccc1)c1ccccc1. The molecule has 3 nitrogen and oxygen atoms in total. The molecule has 0 aliphatic carbocycles. The van der Waals surface area contributed by atoms with Crippen LogP contribution in [-0.4, -0.2) is 12.4 Å². The highest BCUT2D eigenvalue weighted by Gasteiger charge is 2.21. The predicted octanol–water partition coefficient (Wildman–Crippen LogP) is 4.34. The number of rotatable bonds is 4. The van der Waals surface area contributed by atoms with Gasteiger partial charge < -0.3 is 4.18 Å². The van der Waals surface area contributed by atoms with Gasteiger partial charge in [-0.3, -0.25) is 0 Å². The Kier molecular flexibility index (Phi) is 4.30. The predicted molar refractivity (Wildman–Crippen MR) is 85.7 cm³/mol. The van der Waals surface area contributed by atoms with Gasteiger partial charge in [-0.1, -0.05) is 36.4 Å². The molecule has 0 saturated heterocycles. The van der Waals surface area contributed by atoms with Crippen molar-refractivity contribution < 1.29 is 8.39 Å². The summed E-state index contributed by atoms with van der Waals surface area (Å²) in [6.07, 6.45) is 0. The van der Waals surface area contributed by atoms with E-state index in [1.807, 2.05) is 56.0 Å². The molecule has 0 radical (unpaired) electrons. The molecule has 0 heterocycles. The van der Waals surface area contributed by atoms with E-state index in [-0.39, 0.29) is 0 Å². The maximum atomic E-state index is 13.2. The van der Waals surface area contributed by atoms with Crippen LogP contribution in [0.3, 0.4) is 0 Å². The fourth-order valence-corrected chi connectivity index (χ4v) is 6.10. The molecule has 2 rings (SSSR count). The van der Waals surface area contributed by atoms with Crippen LogP contribution in [0.1, 0.15) is 0 Å². The Morgan fingerprint density at radius 1 is 0.900 bits per heavy atom. The van der Waals surface area contributed by atoms with E-state index in [1.165, 1.54) is 0 Å². The van der Waals surface area contributed by atoms with E-state index in [1.54, 1.807) is 24.3 Å². The third-order valence-electron chi connectivity index (χ3n) is 2.39. The van der Waals surface area contributed by atoms with Gasteiger partial charge in [-0.2, -0.15) is 0 Å². The summed E-state index contributed by atoms with van der Waals surface area (Å²) in [6, 6.07) is 18.4. The zero-order valence-corrected chi connectivity index (χ0v) is 13.8. The van der Waals surface area contributed by atoms with Crippen LogP contribution in [0.15, 0.2) is 69.6 Å². The van der Waals surface area contributed by atoms with E-state index in [4.69, 9.17) is 4.18 Å². The standard InChI is InChI=1S/C15H19NO2SSi/c1-20(2,3)16-19(17,15-12-8-5-9-13-15)18-14-10-6-4-7-11-14/h4-13H,1-3H3. The first kappa shape index (κ1) is 14.8. The Bertz CT molecular complexity index is 672. The average Bonchev–Trinajstić information content (AvgIpc) is 2.39. The normalized spacial score (nSPS) is 14.3. The molecular formula is C15H19NO2SSi.